The van der Waals surface area contributed by atoms with E-state index in [0.29, 0.717) is 12.1 Å². The molecule has 0 fully saturated rings. The van der Waals surface area contributed by atoms with Crippen LogP contribution in [0.25, 0.3) is 0 Å². The number of anilines is 1. The first-order chi connectivity index (χ1) is 9.99. The van der Waals surface area contributed by atoms with Gasteiger partial charge in [0, 0.05) is 6.07 Å². The molecule has 1 rings (SSSR count). The number of nitrogens with one attached hydrogen (secondary N) is 1. The lowest BCUT2D eigenvalue weighted by Gasteiger charge is -2.03. The van der Waals surface area contributed by atoms with Gasteiger partial charge in [-0.3, -0.25) is 15.5 Å². The maximum atomic E-state index is 11.4. The van der Waals surface area contributed by atoms with E-state index < -0.39 is 16.6 Å². The third kappa shape index (κ3) is 4.74. The van der Waals surface area contributed by atoms with Crippen molar-refractivity contribution in [2.24, 2.45) is 5.10 Å². The summed E-state index contributed by atoms with van der Waals surface area (Å²) in [5.74, 6) is -0.847. The van der Waals surface area contributed by atoms with Gasteiger partial charge in [0.25, 0.3) is 5.69 Å². The Balaban J connectivity index is 2.83. The molecule has 0 radical (unpaired) electrons. The van der Waals surface area contributed by atoms with Crippen molar-refractivity contribution in [3.05, 3.63) is 33.3 Å². The normalized spacial score (nSPS) is 10.6. The monoisotopic (exact) mass is 310 g/mol. The van der Waals surface area contributed by atoms with Gasteiger partial charge in [0.15, 0.2) is 0 Å². The average molecular weight is 311 g/mol. The molecule has 0 aromatic heterocycles. The summed E-state index contributed by atoms with van der Waals surface area (Å²) in [6.45, 7) is 2.00. The largest absolute Gasteiger partial charge is 0.460 e. The molecule has 0 spiro atoms. The van der Waals surface area contributed by atoms with Gasteiger partial charge in [-0.25, -0.2) is 4.79 Å². The second kappa shape index (κ2) is 7.81. The van der Waals surface area contributed by atoms with Crippen molar-refractivity contribution in [1.29, 1.82) is 5.26 Å². The van der Waals surface area contributed by atoms with Gasteiger partial charge in [-0.2, -0.15) is 10.4 Å². The molecule has 0 saturated carbocycles. The van der Waals surface area contributed by atoms with Crippen molar-refractivity contribution in [3.63, 3.8) is 0 Å². The van der Waals surface area contributed by atoms with Crippen LogP contribution in [0.15, 0.2) is 23.3 Å². The van der Waals surface area contributed by atoms with Crippen molar-refractivity contribution in [2.75, 3.05) is 12.0 Å². The Morgan fingerprint density at radius 2 is 2.33 bits per heavy atom. The van der Waals surface area contributed by atoms with Crippen molar-refractivity contribution in [3.8, 4) is 6.07 Å². The van der Waals surface area contributed by atoms with E-state index >= 15 is 0 Å². The molecule has 0 aliphatic carbocycles. The topological polar surface area (TPSA) is 118 Å². The van der Waals surface area contributed by atoms with Crippen molar-refractivity contribution >= 4 is 34.7 Å². The number of hydrazone groups is 1. The van der Waals surface area contributed by atoms with Gasteiger partial charge in [0.1, 0.15) is 11.1 Å². The molecule has 0 atom stereocenters. The first-order valence-electron chi connectivity index (χ1n) is 5.84. The van der Waals surface area contributed by atoms with E-state index in [1.165, 1.54) is 18.2 Å². The molecular weight excluding hydrogens is 300 g/mol. The van der Waals surface area contributed by atoms with Crippen LogP contribution in [0.4, 0.5) is 11.4 Å². The molecule has 1 aromatic rings. The first-order valence-corrected chi connectivity index (χ1v) is 6.22. The van der Waals surface area contributed by atoms with Crippen LogP contribution in [0, 0.1) is 21.4 Å². The SMILES string of the molecule is CCCOC(=O)/C(C#N)=N\Nc1ccc([N+](=O)[O-])c(Cl)c1. The summed E-state index contributed by atoms with van der Waals surface area (Å²) in [5, 5.41) is 22.9. The number of carbonyl (C=O) groups is 1. The molecule has 21 heavy (non-hydrogen) atoms. The Bertz CT molecular complexity index is 624. The molecule has 0 unspecified atom stereocenters. The molecule has 0 aliphatic rings. The summed E-state index contributed by atoms with van der Waals surface area (Å²) in [7, 11) is 0. The highest BCUT2D eigenvalue weighted by Crippen LogP contribution is 2.27. The zero-order valence-corrected chi connectivity index (χ0v) is 11.8. The number of benzene rings is 1. The van der Waals surface area contributed by atoms with Gasteiger partial charge in [-0.05, 0) is 18.6 Å². The summed E-state index contributed by atoms with van der Waals surface area (Å²) in [6.07, 6.45) is 0.621. The third-order valence-corrected chi connectivity index (χ3v) is 2.48. The molecule has 9 heteroatoms. The Morgan fingerprint density at radius 3 is 2.86 bits per heavy atom. The fourth-order valence-electron chi connectivity index (χ4n) is 1.22. The van der Waals surface area contributed by atoms with Gasteiger partial charge < -0.3 is 4.74 Å². The highest BCUT2D eigenvalue weighted by Gasteiger charge is 2.14. The highest BCUT2D eigenvalue weighted by atomic mass is 35.5. The van der Waals surface area contributed by atoms with E-state index in [4.69, 9.17) is 21.6 Å². The van der Waals surface area contributed by atoms with E-state index in [1.807, 2.05) is 6.92 Å². The van der Waals surface area contributed by atoms with Crippen LogP contribution in [-0.4, -0.2) is 23.2 Å². The molecule has 0 amide bonds. The summed E-state index contributed by atoms with van der Waals surface area (Å²) < 4.78 is 4.76. The highest BCUT2D eigenvalue weighted by molar-refractivity contribution is 6.43. The number of halogens is 1. The fourth-order valence-corrected chi connectivity index (χ4v) is 1.47. The first kappa shape index (κ1) is 16.4. The Morgan fingerprint density at radius 1 is 1.62 bits per heavy atom. The van der Waals surface area contributed by atoms with Crippen molar-refractivity contribution < 1.29 is 14.5 Å². The minimum absolute atomic E-state index is 0.0905. The van der Waals surface area contributed by atoms with Crippen LogP contribution in [-0.2, 0) is 9.53 Å². The van der Waals surface area contributed by atoms with Gasteiger partial charge in [-0.1, -0.05) is 18.5 Å². The van der Waals surface area contributed by atoms with E-state index in [2.05, 4.69) is 10.5 Å². The number of ether oxygens (including phenoxy) is 1. The molecule has 0 aliphatic heterocycles. The molecule has 0 bridgehead atoms. The predicted molar refractivity (Wildman–Crippen MR) is 76.0 cm³/mol. The van der Waals surface area contributed by atoms with E-state index in [9.17, 15) is 14.9 Å². The Kier molecular flexibility index (Phi) is 6.10. The maximum absolute atomic E-state index is 11.4. The van der Waals surface area contributed by atoms with Crippen LogP contribution in [0.2, 0.25) is 5.02 Å². The Labute approximate surface area is 125 Å². The lowest BCUT2D eigenvalue weighted by atomic mass is 10.3. The molecular formula is C12H11ClN4O4. The molecule has 8 nitrogen and oxygen atoms in total. The number of nitro benzene ring substituents is 1. The number of esters is 1. The quantitative estimate of drug-likeness (QED) is 0.373. The second-order valence-corrected chi connectivity index (χ2v) is 4.15. The van der Waals surface area contributed by atoms with Gasteiger partial charge in [0.2, 0.25) is 5.71 Å². The van der Waals surface area contributed by atoms with Crippen molar-refractivity contribution in [1.82, 2.24) is 0 Å². The molecule has 0 heterocycles. The van der Waals surface area contributed by atoms with Gasteiger partial charge in [-0.15, -0.1) is 0 Å². The molecule has 110 valence electrons. The number of rotatable bonds is 6. The molecule has 1 N–H and O–H groups in total. The molecule has 0 saturated heterocycles. The number of carbonyl (C=O) groups excluding carboxylic acids is 1. The predicted octanol–water partition coefficient (Wildman–Crippen LogP) is 2.49. The third-order valence-electron chi connectivity index (χ3n) is 2.18. The van der Waals surface area contributed by atoms with E-state index in [0.717, 1.165) is 0 Å². The summed E-state index contributed by atoms with van der Waals surface area (Å²) in [6, 6.07) is 5.39. The van der Waals surface area contributed by atoms with Crippen LogP contribution < -0.4 is 5.43 Å². The standard InChI is InChI=1S/C12H11ClN4O4/c1-2-5-21-12(18)10(7-14)16-15-8-3-4-11(17(19)20)9(13)6-8/h3-4,6,15H,2,5H2,1H3/b16-10-. The lowest BCUT2D eigenvalue weighted by Crippen LogP contribution is -2.17. The summed E-state index contributed by atoms with van der Waals surface area (Å²) >= 11 is 5.72. The number of nitrogens with zero attached hydrogens (tertiary/aromatic N) is 3. The fraction of sp³-hybridized carbons (Fsp3) is 0.250. The lowest BCUT2D eigenvalue weighted by molar-refractivity contribution is -0.384. The Hall–Kier alpha value is -2.66. The number of nitriles is 1. The zero-order chi connectivity index (χ0) is 15.8. The number of nitro groups is 1. The smallest absolute Gasteiger partial charge is 0.369 e. The van der Waals surface area contributed by atoms with Crippen LogP contribution in [0.1, 0.15) is 13.3 Å². The van der Waals surface area contributed by atoms with E-state index in [-0.39, 0.29) is 17.3 Å². The summed E-state index contributed by atoms with van der Waals surface area (Å²) in [4.78, 5) is 21.4. The number of hydrogen-bond acceptors (Lipinski definition) is 7. The van der Waals surface area contributed by atoms with Gasteiger partial charge in [0.05, 0.1) is 17.2 Å². The van der Waals surface area contributed by atoms with Crippen LogP contribution in [0.3, 0.4) is 0 Å². The van der Waals surface area contributed by atoms with Crippen LogP contribution >= 0.6 is 11.6 Å². The van der Waals surface area contributed by atoms with Crippen molar-refractivity contribution in [2.45, 2.75) is 13.3 Å². The van der Waals surface area contributed by atoms with Gasteiger partial charge >= 0.3 is 5.97 Å². The minimum atomic E-state index is -0.847. The maximum Gasteiger partial charge on any atom is 0.369 e. The van der Waals surface area contributed by atoms with E-state index in [1.54, 1.807) is 6.07 Å². The minimum Gasteiger partial charge on any atom is -0.460 e. The average Bonchev–Trinajstić information content (AvgIpc) is 2.45. The second-order valence-electron chi connectivity index (χ2n) is 3.74. The zero-order valence-electron chi connectivity index (χ0n) is 11.0. The molecule has 1 aromatic carbocycles. The summed E-state index contributed by atoms with van der Waals surface area (Å²) in [5.41, 5.74) is 1.99. The van der Waals surface area contributed by atoms with Crippen LogP contribution in [0.5, 0.6) is 0 Å². The number of hydrogen-bond donors (Lipinski definition) is 1.